The summed E-state index contributed by atoms with van der Waals surface area (Å²) in [6.07, 6.45) is 0.522. The van der Waals surface area contributed by atoms with E-state index >= 15 is 0 Å². The first-order valence-corrected chi connectivity index (χ1v) is 6.39. The van der Waals surface area contributed by atoms with Gasteiger partial charge in [-0.2, -0.15) is 4.98 Å². The number of rotatable bonds is 6. The van der Waals surface area contributed by atoms with E-state index in [0.717, 1.165) is 5.56 Å². The lowest BCUT2D eigenvalue weighted by atomic mass is 10.2. The number of aliphatic carboxylic acids is 1. The Kier molecular flexibility index (Phi) is 4.47. The number of hydrogen-bond donors (Lipinski definition) is 1. The zero-order valence-corrected chi connectivity index (χ0v) is 11.5. The van der Waals surface area contributed by atoms with E-state index < -0.39 is 12.0 Å². The first-order valence-electron chi connectivity index (χ1n) is 6.39. The summed E-state index contributed by atoms with van der Waals surface area (Å²) in [6, 6.07) is 9.03. The Labute approximate surface area is 117 Å². The molecule has 6 heteroatoms. The molecule has 20 heavy (non-hydrogen) atoms. The van der Waals surface area contributed by atoms with Gasteiger partial charge in [-0.1, -0.05) is 35.5 Å². The van der Waals surface area contributed by atoms with Gasteiger partial charge in [0.05, 0.1) is 0 Å². The van der Waals surface area contributed by atoms with Gasteiger partial charge in [0.25, 0.3) is 0 Å². The third kappa shape index (κ3) is 3.42. The zero-order valence-electron chi connectivity index (χ0n) is 11.5. The predicted octanol–water partition coefficient (Wildman–Crippen LogP) is 1.68. The first-order chi connectivity index (χ1) is 9.58. The largest absolute Gasteiger partial charge is 0.480 e. The Bertz CT molecular complexity index is 568. The van der Waals surface area contributed by atoms with E-state index in [2.05, 4.69) is 10.1 Å². The fraction of sp³-hybridized carbons (Fsp3) is 0.357. The van der Waals surface area contributed by atoms with Gasteiger partial charge in [0.2, 0.25) is 11.7 Å². The molecule has 1 aromatic heterocycles. The van der Waals surface area contributed by atoms with Gasteiger partial charge in [-0.3, -0.25) is 9.69 Å². The van der Waals surface area contributed by atoms with Gasteiger partial charge in [-0.25, -0.2) is 0 Å². The molecule has 0 saturated carbocycles. The lowest BCUT2D eigenvalue weighted by Gasteiger charge is -2.19. The van der Waals surface area contributed by atoms with E-state index in [1.54, 1.807) is 18.9 Å². The molecule has 1 atom stereocenters. The SMILES string of the molecule is CC(C(=O)O)N(C)CCc1nc(-c2ccccc2)no1. The van der Waals surface area contributed by atoms with Crippen molar-refractivity contribution >= 4 is 5.97 Å². The van der Waals surface area contributed by atoms with Gasteiger partial charge in [0, 0.05) is 18.5 Å². The molecule has 1 aromatic carbocycles. The molecule has 2 rings (SSSR count). The van der Waals surface area contributed by atoms with Crippen LogP contribution in [0, 0.1) is 0 Å². The maximum atomic E-state index is 10.8. The molecule has 0 bridgehead atoms. The zero-order chi connectivity index (χ0) is 14.5. The number of carboxylic acids is 1. The van der Waals surface area contributed by atoms with Crippen molar-refractivity contribution in [3.8, 4) is 11.4 Å². The molecule has 1 N–H and O–H groups in total. The Hall–Kier alpha value is -2.21. The third-order valence-corrected chi connectivity index (χ3v) is 3.20. The van der Waals surface area contributed by atoms with Crippen molar-refractivity contribution in [2.24, 2.45) is 0 Å². The summed E-state index contributed by atoms with van der Waals surface area (Å²) in [4.78, 5) is 16.9. The fourth-order valence-electron chi connectivity index (χ4n) is 1.72. The fourth-order valence-corrected chi connectivity index (χ4v) is 1.72. The van der Waals surface area contributed by atoms with Crippen molar-refractivity contribution < 1.29 is 14.4 Å². The molecule has 0 saturated heterocycles. The second-order valence-electron chi connectivity index (χ2n) is 4.62. The van der Waals surface area contributed by atoms with Crippen LogP contribution >= 0.6 is 0 Å². The molecule has 6 nitrogen and oxygen atoms in total. The topological polar surface area (TPSA) is 79.5 Å². The smallest absolute Gasteiger partial charge is 0.320 e. The summed E-state index contributed by atoms with van der Waals surface area (Å²) < 4.78 is 5.17. The van der Waals surface area contributed by atoms with Gasteiger partial charge in [0.1, 0.15) is 6.04 Å². The summed E-state index contributed by atoms with van der Waals surface area (Å²) >= 11 is 0. The minimum Gasteiger partial charge on any atom is -0.480 e. The highest BCUT2D eigenvalue weighted by Gasteiger charge is 2.17. The van der Waals surface area contributed by atoms with Crippen LogP contribution in [0.1, 0.15) is 12.8 Å². The first kappa shape index (κ1) is 14.2. The van der Waals surface area contributed by atoms with Crippen LogP contribution in [0.5, 0.6) is 0 Å². The van der Waals surface area contributed by atoms with E-state index in [9.17, 15) is 4.79 Å². The summed E-state index contributed by atoms with van der Waals surface area (Å²) in [5.74, 6) is 0.214. The van der Waals surface area contributed by atoms with Crippen LogP contribution in [0.15, 0.2) is 34.9 Å². The molecule has 0 spiro atoms. The maximum Gasteiger partial charge on any atom is 0.320 e. The monoisotopic (exact) mass is 275 g/mol. The molecule has 0 fully saturated rings. The molecule has 0 aliphatic heterocycles. The van der Waals surface area contributed by atoms with E-state index in [1.807, 2.05) is 30.3 Å². The van der Waals surface area contributed by atoms with Crippen LogP contribution in [0.4, 0.5) is 0 Å². The average Bonchev–Trinajstić information content (AvgIpc) is 2.93. The Morgan fingerprint density at radius 2 is 2.10 bits per heavy atom. The molecule has 0 aliphatic rings. The second-order valence-corrected chi connectivity index (χ2v) is 4.62. The Morgan fingerprint density at radius 1 is 1.40 bits per heavy atom. The van der Waals surface area contributed by atoms with Gasteiger partial charge in [0.15, 0.2) is 0 Å². The van der Waals surface area contributed by atoms with E-state index in [-0.39, 0.29) is 0 Å². The van der Waals surface area contributed by atoms with Crippen LogP contribution in [0.25, 0.3) is 11.4 Å². The highest BCUT2D eigenvalue weighted by Crippen LogP contribution is 2.15. The minimum absolute atomic E-state index is 0.508. The van der Waals surface area contributed by atoms with Gasteiger partial charge in [-0.15, -0.1) is 0 Å². The highest BCUT2D eigenvalue weighted by atomic mass is 16.5. The van der Waals surface area contributed by atoms with Gasteiger partial charge >= 0.3 is 5.97 Å². The Morgan fingerprint density at radius 3 is 2.75 bits per heavy atom. The molecule has 106 valence electrons. The summed E-state index contributed by atoms with van der Waals surface area (Å²) in [5.41, 5.74) is 0.898. The molecule has 0 radical (unpaired) electrons. The molecule has 0 aliphatic carbocycles. The van der Waals surface area contributed by atoms with E-state index in [1.165, 1.54) is 0 Å². The second kappa shape index (κ2) is 6.29. The number of carbonyl (C=O) groups is 1. The molecule has 2 aromatic rings. The maximum absolute atomic E-state index is 10.8. The molecule has 1 unspecified atom stereocenters. The normalized spacial score (nSPS) is 12.6. The number of hydrogen-bond acceptors (Lipinski definition) is 5. The minimum atomic E-state index is -0.844. The van der Waals surface area contributed by atoms with E-state index in [0.29, 0.717) is 24.7 Å². The van der Waals surface area contributed by atoms with Crippen LogP contribution in [-0.4, -0.2) is 45.8 Å². The van der Waals surface area contributed by atoms with Crippen LogP contribution < -0.4 is 0 Å². The lowest BCUT2D eigenvalue weighted by Crippen LogP contribution is -2.37. The predicted molar refractivity (Wildman–Crippen MR) is 73.2 cm³/mol. The van der Waals surface area contributed by atoms with Gasteiger partial charge < -0.3 is 9.63 Å². The van der Waals surface area contributed by atoms with E-state index in [4.69, 9.17) is 9.63 Å². The van der Waals surface area contributed by atoms with Crippen LogP contribution in [0.2, 0.25) is 0 Å². The van der Waals surface area contributed by atoms with Crippen molar-refractivity contribution in [1.82, 2.24) is 15.0 Å². The van der Waals surface area contributed by atoms with Gasteiger partial charge in [-0.05, 0) is 14.0 Å². The summed E-state index contributed by atoms with van der Waals surface area (Å²) in [5, 5.41) is 12.8. The summed E-state index contributed by atoms with van der Waals surface area (Å²) in [7, 11) is 1.76. The van der Waals surface area contributed by atoms with Crippen molar-refractivity contribution in [2.75, 3.05) is 13.6 Å². The standard InChI is InChI=1S/C14H17N3O3/c1-10(14(18)19)17(2)9-8-12-15-13(16-20-12)11-6-4-3-5-7-11/h3-7,10H,8-9H2,1-2H3,(H,18,19). The average molecular weight is 275 g/mol. The highest BCUT2D eigenvalue weighted by molar-refractivity contribution is 5.72. The molecular formula is C14H17N3O3. The number of carboxylic acid groups (broad SMARTS) is 1. The molecule has 1 heterocycles. The van der Waals surface area contributed by atoms with Crippen molar-refractivity contribution in [3.63, 3.8) is 0 Å². The number of benzene rings is 1. The third-order valence-electron chi connectivity index (χ3n) is 3.20. The lowest BCUT2D eigenvalue weighted by molar-refractivity contribution is -0.142. The van der Waals surface area contributed by atoms with Crippen molar-refractivity contribution in [1.29, 1.82) is 0 Å². The van der Waals surface area contributed by atoms with Crippen LogP contribution in [0.3, 0.4) is 0 Å². The molecule has 0 amide bonds. The van der Waals surface area contributed by atoms with Crippen LogP contribution in [-0.2, 0) is 11.2 Å². The number of likely N-dealkylation sites (N-methyl/N-ethyl adjacent to an activating group) is 1. The Balaban J connectivity index is 1.95. The van der Waals surface area contributed by atoms with Crippen molar-refractivity contribution in [3.05, 3.63) is 36.2 Å². The number of nitrogens with zero attached hydrogens (tertiary/aromatic N) is 3. The summed E-state index contributed by atoms with van der Waals surface area (Å²) in [6.45, 7) is 2.19. The quantitative estimate of drug-likeness (QED) is 0.864. The molecular weight excluding hydrogens is 258 g/mol. The number of aromatic nitrogens is 2. The van der Waals surface area contributed by atoms with Crippen molar-refractivity contribution in [2.45, 2.75) is 19.4 Å².